The zero-order chi connectivity index (χ0) is 16.8. The van der Waals surface area contributed by atoms with Gasteiger partial charge in [-0.3, -0.25) is 0 Å². The topological polar surface area (TPSA) is 78.9 Å². The lowest BCUT2D eigenvalue weighted by Gasteiger charge is -2.12. The molecule has 0 amide bonds. The molecular formula is C17H14O6. The number of para-hydroxylation sites is 1. The first-order valence-electron chi connectivity index (χ1n) is 6.65. The minimum Gasteiger partial charge on any atom is -0.465 e. The van der Waals surface area contributed by atoms with E-state index in [2.05, 4.69) is 9.47 Å². The van der Waals surface area contributed by atoms with Gasteiger partial charge in [0.1, 0.15) is 11.1 Å². The summed E-state index contributed by atoms with van der Waals surface area (Å²) in [4.78, 5) is 35.9. The molecule has 0 radical (unpaired) electrons. The molecule has 6 heteroatoms. The average Bonchev–Trinajstić information content (AvgIpc) is 2.61. The Labute approximate surface area is 132 Å². The number of ether oxygens (including phenoxy) is 3. The van der Waals surface area contributed by atoms with E-state index in [0.29, 0.717) is 0 Å². The molecule has 0 saturated heterocycles. The molecule has 0 aromatic heterocycles. The monoisotopic (exact) mass is 314 g/mol. The Morgan fingerprint density at radius 2 is 1.22 bits per heavy atom. The Morgan fingerprint density at radius 3 is 1.70 bits per heavy atom. The summed E-state index contributed by atoms with van der Waals surface area (Å²) in [5, 5.41) is 0. The van der Waals surface area contributed by atoms with Crippen LogP contribution in [0.15, 0.2) is 48.5 Å². The first-order chi connectivity index (χ1) is 11.1. The maximum atomic E-state index is 12.2. The molecule has 0 atom stereocenters. The Bertz CT molecular complexity index is 702. The number of methoxy groups -OCH3 is 2. The summed E-state index contributed by atoms with van der Waals surface area (Å²) in [6.07, 6.45) is 0. The molecule has 0 aliphatic rings. The molecule has 2 aromatic rings. The second-order valence-electron chi connectivity index (χ2n) is 4.42. The Morgan fingerprint density at radius 1 is 0.696 bits per heavy atom. The molecule has 23 heavy (non-hydrogen) atoms. The highest BCUT2D eigenvalue weighted by Gasteiger charge is 2.24. The van der Waals surface area contributed by atoms with Gasteiger partial charge in [0.15, 0.2) is 5.75 Å². The normalized spacial score (nSPS) is 9.83. The van der Waals surface area contributed by atoms with Gasteiger partial charge in [0.2, 0.25) is 0 Å². The maximum Gasteiger partial charge on any atom is 0.343 e. The predicted molar refractivity (Wildman–Crippen MR) is 80.5 cm³/mol. The first-order valence-corrected chi connectivity index (χ1v) is 6.65. The molecule has 0 unspecified atom stereocenters. The number of carbonyl (C=O) groups excluding carboxylic acids is 3. The molecule has 0 heterocycles. The van der Waals surface area contributed by atoms with Crippen molar-refractivity contribution < 1.29 is 28.6 Å². The number of rotatable bonds is 4. The largest absolute Gasteiger partial charge is 0.465 e. The van der Waals surface area contributed by atoms with Crippen LogP contribution in [0.25, 0.3) is 0 Å². The van der Waals surface area contributed by atoms with Crippen LogP contribution in [0.2, 0.25) is 0 Å². The Hall–Kier alpha value is -3.15. The average molecular weight is 314 g/mol. The molecule has 0 aliphatic heterocycles. The number of hydrogen-bond donors (Lipinski definition) is 0. The standard InChI is InChI=1S/C17H14O6/c1-21-16(19)12-9-6-10-13(17(20)22-2)14(12)23-15(18)11-7-4-3-5-8-11/h3-10H,1-2H3. The summed E-state index contributed by atoms with van der Waals surface area (Å²) < 4.78 is 14.6. The smallest absolute Gasteiger partial charge is 0.343 e. The van der Waals surface area contributed by atoms with E-state index in [1.165, 1.54) is 32.4 Å². The molecule has 0 aliphatic carbocycles. The third-order valence-corrected chi connectivity index (χ3v) is 3.03. The van der Waals surface area contributed by atoms with Crippen LogP contribution >= 0.6 is 0 Å². The quantitative estimate of drug-likeness (QED) is 0.637. The van der Waals surface area contributed by atoms with Crippen LogP contribution in [-0.4, -0.2) is 32.1 Å². The zero-order valence-corrected chi connectivity index (χ0v) is 12.6. The number of hydrogen-bond acceptors (Lipinski definition) is 6. The van der Waals surface area contributed by atoms with Gasteiger partial charge in [-0.2, -0.15) is 0 Å². The molecule has 0 N–H and O–H groups in total. The first kappa shape index (κ1) is 16.2. The van der Waals surface area contributed by atoms with Crippen LogP contribution in [0.1, 0.15) is 31.1 Å². The summed E-state index contributed by atoms with van der Waals surface area (Å²) in [5.74, 6) is -2.36. The predicted octanol–water partition coefficient (Wildman–Crippen LogP) is 2.48. The highest BCUT2D eigenvalue weighted by atomic mass is 16.6. The van der Waals surface area contributed by atoms with E-state index in [9.17, 15) is 14.4 Å². The molecular weight excluding hydrogens is 300 g/mol. The third-order valence-electron chi connectivity index (χ3n) is 3.03. The van der Waals surface area contributed by atoms with Crippen molar-refractivity contribution in [1.29, 1.82) is 0 Å². The summed E-state index contributed by atoms with van der Waals surface area (Å²) in [6.45, 7) is 0. The van der Waals surface area contributed by atoms with E-state index in [0.717, 1.165) is 0 Å². The van der Waals surface area contributed by atoms with Crippen LogP contribution < -0.4 is 4.74 Å². The van der Waals surface area contributed by atoms with Crippen molar-refractivity contribution in [2.24, 2.45) is 0 Å². The number of carbonyl (C=O) groups is 3. The van der Waals surface area contributed by atoms with Gasteiger partial charge < -0.3 is 14.2 Å². The van der Waals surface area contributed by atoms with Crippen LogP contribution in [0.4, 0.5) is 0 Å². The van der Waals surface area contributed by atoms with Crippen molar-refractivity contribution >= 4 is 17.9 Å². The van der Waals surface area contributed by atoms with Crippen LogP contribution in [0.5, 0.6) is 5.75 Å². The van der Waals surface area contributed by atoms with E-state index in [4.69, 9.17) is 4.74 Å². The molecule has 2 rings (SSSR count). The fourth-order valence-corrected chi connectivity index (χ4v) is 1.91. The van der Waals surface area contributed by atoms with Crippen molar-refractivity contribution in [3.8, 4) is 5.75 Å². The lowest BCUT2D eigenvalue weighted by molar-refractivity contribution is 0.0584. The second-order valence-corrected chi connectivity index (χ2v) is 4.42. The van der Waals surface area contributed by atoms with Crippen molar-refractivity contribution in [1.82, 2.24) is 0 Å². The minimum atomic E-state index is -0.730. The Balaban J connectivity index is 2.47. The van der Waals surface area contributed by atoms with Crippen molar-refractivity contribution in [2.45, 2.75) is 0 Å². The van der Waals surface area contributed by atoms with Gasteiger partial charge in [-0.1, -0.05) is 24.3 Å². The molecule has 0 spiro atoms. The zero-order valence-electron chi connectivity index (χ0n) is 12.6. The van der Waals surface area contributed by atoms with E-state index in [1.807, 2.05) is 0 Å². The highest BCUT2D eigenvalue weighted by molar-refractivity contribution is 6.02. The fraction of sp³-hybridized carbons (Fsp3) is 0.118. The van der Waals surface area contributed by atoms with Crippen molar-refractivity contribution in [3.63, 3.8) is 0 Å². The SMILES string of the molecule is COC(=O)c1cccc(C(=O)OC)c1OC(=O)c1ccccc1. The van der Waals surface area contributed by atoms with E-state index in [1.54, 1.807) is 30.3 Å². The van der Waals surface area contributed by atoms with Crippen molar-refractivity contribution in [3.05, 3.63) is 65.2 Å². The van der Waals surface area contributed by atoms with E-state index < -0.39 is 17.9 Å². The lowest BCUT2D eigenvalue weighted by Crippen LogP contribution is -2.16. The number of benzene rings is 2. The molecule has 0 fully saturated rings. The fourth-order valence-electron chi connectivity index (χ4n) is 1.91. The van der Waals surface area contributed by atoms with Crippen LogP contribution in [0.3, 0.4) is 0 Å². The van der Waals surface area contributed by atoms with Gasteiger partial charge in [-0.25, -0.2) is 14.4 Å². The number of esters is 3. The van der Waals surface area contributed by atoms with Crippen molar-refractivity contribution in [2.75, 3.05) is 14.2 Å². The van der Waals surface area contributed by atoms with Gasteiger partial charge in [0.05, 0.1) is 19.8 Å². The van der Waals surface area contributed by atoms with Gasteiger partial charge in [0.25, 0.3) is 0 Å². The third kappa shape index (κ3) is 3.55. The summed E-state index contributed by atoms with van der Waals surface area (Å²) in [6, 6.07) is 12.5. The van der Waals surface area contributed by atoms with Gasteiger partial charge in [0, 0.05) is 0 Å². The Kier molecular flexibility index (Phi) is 5.09. The maximum absolute atomic E-state index is 12.2. The summed E-state index contributed by atoms with van der Waals surface area (Å²) >= 11 is 0. The second kappa shape index (κ2) is 7.22. The summed E-state index contributed by atoms with van der Waals surface area (Å²) in [5.41, 5.74) is 0.197. The van der Waals surface area contributed by atoms with E-state index in [-0.39, 0.29) is 22.4 Å². The van der Waals surface area contributed by atoms with Crippen LogP contribution in [-0.2, 0) is 9.47 Å². The van der Waals surface area contributed by atoms with Gasteiger partial charge >= 0.3 is 17.9 Å². The molecule has 2 aromatic carbocycles. The van der Waals surface area contributed by atoms with Gasteiger partial charge in [-0.15, -0.1) is 0 Å². The molecule has 6 nitrogen and oxygen atoms in total. The summed E-state index contributed by atoms with van der Waals surface area (Å²) in [7, 11) is 2.38. The van der Waals surface area contributed by atoms with Crippen LogP contribution in [0, 0.1) is 0 Å². The minimum absolute atomic E-state index is 0.0420. The highest BCUT2D eigenvalue weighted by Crippen LogP contribution is 2.26. The van der Waals surface area contributed by atoms with E-state index >= 15 is 0 Å². The molecule has 0 saturated carbocycles. The lowest BCUT2D eigenvalue weighted by atomic mass is 10.1. The molecule has 0 bridgehead atoms. The van der Waals surface area contributed by atoms with Gasteiger partial charge in [-0.05, 0) is 24.3 Å². The molecule has 118 valence electrons.